The highest BCUT2D eigenvalue weighted by Crippen LogP contribution is 2.16. The van der Waals surface area contributed by atoms with Crippen molar-refractivity contribution in [1.29, 1.82) is 0 Å². The Morgan fingerprint density at radius 3 is 2.44 bits per heavy atom. The van der Waals surface area contributed by atoms with Gasteiger partial charge >= 0.3 is 12.1 Å². The Bertz CT molecular complexity index is 665. The molecule has 1 heterocycles. The molecule has 2 N–H and O–H groups in total. The molecule has 0 radical (unpaired) electrons. The summed E-state index contributed by atoms with van der Waals surface area (Å²) in [7, 11) is 1.25. The maximum absolute atomic E-state index is 12.5. The third kappa shape index (κ3) is 5.19. The number of piperazine rings is 1. The normalized spacial score (nSPS) is 18.2. The Morgan fingerprint density at radius 1 is 1.19 bits per heavy atom. The molecule has 0 bridgehead atoms. The van der Waals surface area contributed by atoms with Crippen molar-refractivity contribution < 1.29 is 23.9 Å². The van der Waals surface area contributed by atoms with Gasteiger partial charge in [-0.3, -0.25) is 9.69 Å². The third-order valence-electron chi connectivity index (χ3n) is 4.61. The van der Waals surface area contributed by atoms with Gasteiger partial charge in [-0.1, -0.05) is 44.2 Å². The van der Waals surface area contributed by atoms with Gasteiger partial charge in [-0.15, -0.1) is 0 Å². The van der Waals surface area contributed by atoms with Crippen LogP contribution in [0.4, 0.5) is 4.79 Å². The molecule has 8 heteroatoms. The molecule has 2 rings (SSSR count). The maximum atomic E-state index is 12.5. The fraction of sp³-hybridized carbons (Fsp3) is 0.526. The summed E-state index contributed by atoms with van der Waals surface area (Å²) in [6.45, 7) is 4.31. The smallest absolute Gasteiger partial charge is 0.410 e. The van der Waals surface area contributed by atoms with Crippen LogP contribution in [0.25, 0.3) is 0 Å². The molecule has 27 heavy (non-hydrogen) atoms. The second kappa shape index (κ2) is 9.36. The first-order chi connectivity index (χ1) is 12.8. The molecule has 0 aromatic heterocycles. The van der Waals surface area contributed by atoms with E-state index in [-0.39, 0.29) is 38.1 Å². The Kier molecular flexibility index (Phi) is 7.18. The number of esters is 1. The highest BCUT2D eigenvalue weighted by atomic mass is 16.6. The van der Waals surface area contributed by atoms with Crippen molar-refractivity contribution in [2.24, 2.45) is 11.7 Å². The van der Waals surface area contributed by atoms with Crippen molar-refractivity contribution in [3.05, 3.63) is 35.9 Å². The van der Waals surface area contributed by atoms with Crippen LogP contribution in [0.5, 0.6) is 0 Å². The van der Waals surface area contributed by atoms with Crippen LogP contribution < -0.4 is 5.73 Å². The summed E-state index contributed by atoms with van der Waals surface area (Å²) in [6.07, 6.45) is -0.616. The quantitative estimate of drug-likeness (QED) is 0.768. The van der Waals surface area contributed by atoms with E-state index in [4.69, 9.17) is 15.2 Å². The van der Waals surface area contributed by atoms with Gasteiger partial charge in [0.25, 0.3) is 0 Å². The topological polar surface area (TPSA) is 102 Å². The lowest BCUT2D eigenvalue weighted by atomic mass is 10.0. The molecule has 1 aliphatic heterocycles. The molecule has 2 atom stereocenters. The van der Waals surface area contributed by atoms with Crippen LogP contribution in [0, 0.1) is 5.92 Å². The second-order valence-electron chi connectivity index (χ2n) is 6.83. The van der Waals surface area contributed by atoms with E-state index < -0.39 is 24.1 Å². The lowest BCUT2D eigenvalue weighted by Gasteiger charge is -2.40. The fourth-order valence-corrected chi connectivity index (χ4v) is 2.84. The number of carbonyl (C=O) groups is 3. The van der Waals surface area contributed by atoms with Gasteiger partial charge in [0.1, 0.15) is 6.61 Å². The molecule has 1 aromatic carbocycles. The van der Waals surface area contributed by atoms with Crippen LogP contribution in [-0.4, -0.2) is 66.6 Å². The molecule has 0 spiro atoms. The number of nitrogens with two attached hydrogens (primary N) is 1. The molecule has 0 aliphatic carbocycles. The average Bonchev–Trinajstić information content (AvgIpc) is 2.70. The summed E-state index contributed by atoms with van der Waals surface area (Å²) in [5, 5.41) is 0. The van der Waals surface area contributed by atoms with E-state index in [1.807, 2.05) is 44.2 Å². The lowest BCUT2D eigenvalue weighted by Crippen LogP contribution is -2.62. The Labute approximate surface area is 159 Å². The van der Waals surface area contributed by atoms with E-state index in [0.29, 0.717) is 0 Å². The SMILES string of the molecule is COC(=O)[C@H]1CN(C(=O)[C@@H](N)C(C)C)CCN1C(=O)OCc1ccccc1. The monoisotopic (exact) mass is 377 g/mol. The summed E-state index contributed by atoms with van der Waals surface area (Å²) < 4.78 is 10.1. The van der Waals surface area contributed by atoms with Crippen LogP contribution in [0.2, 0.25) is 0 Å². The number of hydrogen-bond donors (Lipinski definition) is 1. The third-order valence-corrected chi connectivity index (χ3v) is 4.61. The molecule has 2 amide bonds. The second-order valence-corrected chi connectivity index (χ2v) is 6.83. The zero-order valence-corrected chi connectivity index (χ0v) is 16.0. The molecule has 1 saturated heterocycles. The number of ether oxygens (including phenoxy) is 2. The number of amides is 2. The van der Waals surface area contributed by atoms with Crippen molar-refractivity contribution in [3.63, 3.8) is 0 Å². The van der Waals surface area contributed by atoms with E-state index in [1.165, 1.54) is 16.9 Å². The first kappa shape index (κ1) is 20.7. The maximum Gasteiger partial charge on any atom is 0.410 e. The van der Waals surface area contributed by atoms with Crippen molar-refractivity contribution in [1.82, 2.24) is 9.80 Å². The van der Waals surface area contributed by atoms with Crippen LogP contribution in [0.3, 0.4) is 0 Å². The largest absolute Gasteiger partial charge is 0.467 e. The van der Waals surface area contributed by atoms with Crippen LogP contribution >= 0.6 is 0 Å². The molecular weight excluding hydrogens is 350 g/mol. The summed E-state index contributed by atoms with van der Waals surface area (Å²) >= 11 is 0. The molecular formula is C19H27N3O5. The summed E-state index contributed by atoms with van der Waals surface area (Å²) in [6, 6.07) is 7.68. The van der Waals surface area contributed by atoms with E-state index in [0.717, 1.165) is 5.56 Å². The zero-order valence-electron chi connectivity index (χ0n) is 16.0. The number of rotatable bonds is 5. The zero-order chi connectivity index (χ0) is 20.0. The van der Waals surface area contributed by atoms with Crippen molar-refractivity contribution >= 4 is 18.0 Å². The minimum absolute atomic E-state index is 0.0251. The number of carbonyl (C=O) groups excluding carboxylic acids is 3. The predicted octanol–water partition coefficient (Wildman–Crippen LogP) is 0.992. The first-order valence-electron chi connectivity index (χ1n) is 8.94. The number of hydrogen-bond acceptors (Lipinski definition) is 6. The number of nitrogens with zero attached hydrogens (tertiary/aromatic N) is 2. The minimum atomic E-state index is -0.921. The standard InChI is InChI=1S/C19H27N3O5/c1-13(2)16(20)17(23)21-9-10-22(15(11-21)18(24)26-3)19(25)27-12-14-7-5-4-6-8-14/h4-8,13,15-16H,9-12,20H2,1-3H3/t15-,16+/m1/s1. The van der Waals surface area contributed by atoms with Crippen LogP contribution in [0.1, 0.15) is 19.4 Å². The van der Waals surface area contributed by atoms with E-state index >= 15 is 0 Å². The Hall–Kier alpha value is -2.61. The summed E-state index contributed by atoms with van der Waals surface area (Å²) in [4.78, 5) is 40.0. The Morgan fingerprint density at radius 2 is 1.85 bits per heavy atom. The van der Waals surface area contributed by atoms with Crippen molar-refractivity contribution in [2.45, 2.75) is 32.5 Å². The molecule has 8 nitrogen and oxygen atoms in total. The van der Waals surface area contributed by atoms with E-state index in [9.17, 15) is 14.4 Å². The molecule has 1 aromatic rings. The van der Waals surface area contributed by atoms with Gasteiger partial charge < -0.3 is 20.1 Å². The van der Waals surface area contributed by atoms with Crippen molar-refractivity contribution in [3.8, 4) is 0 Å². The average molecular weight is 377 g/mol. The van der Waals surface area contributed by atoms with E-state index in [1.54, 1.807) is 0 Å². The minimum Gasteiger partial charge on any atom is -0.467 e. The predicted molar refractivity (Wildman–Crippen MR) is 98.5 cm³/mol. The summed E-state index contributed by atoms with van der Waals surface area (Å²) in [5.41, 5.74) is 6.78. The molecule has 148 valence electrons. The highest BCUT2D eigenvalue weighted by molar-refractivity contribution is 5.86. The van der Waals surface area contributed by atoms with Gasteiger partial charge in [0.05, 0.1) is 19.7 Å². The lowest BCUT2D eigenvalue weighted by molar-refractivity contribution is -0.151. The van der Waals surface area contributed by atoms with Gasteiger partial charge in [0.15, 0.2) is 6.04 Å². The molecule has 0 saturated carbocycles. The van der Waals surface area contributed by atoms with Crippen LogP contribution in [0.15, 0.2) is 30.3 Å². The fourth-order valence-electron chi connectivity index (χ4n) is 2.84. The van der Waals surface area contributed by atoms with Gasteiger partial charge in [-0.05, 0) is 11.5 Å². The van der Waals surface area contributed by atoms with Gasteiger partial charge in [-0.2, -0.15) is 0 Å². The molecule has 1 aliphatic rings. The summed E-state index contributed by atoms with van der Waals surface area (Å²) in [5.74, 6) is -0.860. The Balaban J connectivity index is 2.04. The van der Waals surface area contributed by atoms with Crippen LogP contribution in [-0.2, 0) is 25.7 Å². The number of benzene rings is 1. The van der Waals surface area contributed by atoms with Gasteiger partial charge in [0.2, 0.25) is 5.91 Å². The molecule has 1 fully saturated rings. The first-order valence-corrected chi connectivity index (χ1v) is 8.94. The van der Waals surface area contributed by atoms with Gasteiger partial charge in [0, 0.05) is 13.1 Å². The number of methoxy groups -OCH3 is 1. The van der Waals surface area contributed by atoms with E-state index in [2.05, 4.69) is 0 Å². The van der Waals surface area contributed by atoms with Gasteiger partial charge in [-0.25, -0.2) is 9.59 Å². The van der Waals surface area contributed by atoms with Crippen molar-refractivity contribution in [2.75, 3.05) is 26.7 Å². The molecule has 0 unspecified atom stereocenters. The highest BCUT2D eigenvalue weighted by Gasteiger charge is 2.39.